The minimum Gasteiger partial charge on any atom is -0.495 e. The number of sulfonamides is 1. The molecule has 0 aliphatic rings. The summed E-state index contributed by atoms with van der Waals surface area (Å²) in [5.41, 5.74) is 0.626. The van der Waals surface area contributed by atoms with Gasteiger partial charge in [0, 0.05) is 23.7 Å². The highest BCUT2D eigenvalue weighted by molar-refractivity contribution is 7.99. The van der Waals surface area contributed by atoms with Crippen LogP contribution in [0.25, 0.3) is 0 Å². The molecule has 3 rings (SSSR count). The topological polar surface area (TPSA) is 97.4 Å². The molecule has 0 aliphatic heterocycles. The largest absolute Gasteiger partial charge is 0.495 e. The predicted octanol–water partition coefficient (Wildman–Crippen LogP) is 4.65. The zero-order valence-corrected chi connectivity index (χ0v) is 18.4. The van der Waals surface area contributed by atoms with Crippen LogP contribution in [-0.2, 0) is 14.8 Å². The average Bonchev–Trinajstić information content (AvgIpc) is 2.70. The van der Waals surface area contributed by atoms with Crippen LogP contribution in [0.15, 0.2) is 75.6 Å². The minimum atomic E-state index is -4.01. The Hall–Kier alpha value is -2.75. The van der Waals surface area contributed by atoms with Gasteiger partial charge < -0.3 is 10.1 Å². The molecule has 0 radical (unpaired) electrons. The molecular formula is C20H18ClN3O4S2. The number of carbonyl (C=O) groups is 1. The van der Waals surface area contributed by atoms with Gasteiger partial charge in [-0.15, -0.1) is 0 Å². The Kier molecular flexibility index (Phi) is 6.86. The van der Waals surface area contributed by atoms with Crippen LogP contribution >= 0.6 is 23.4 Å². The number of methoxy groups -OCH3 is 1. The monoisotopic (exact) mass is 463 g/mol. The Bertz CT molecular complexity index is 1170. The Balaban J connectivity index is 1.86. The Morgan fingerprint density at radius 3 is 2.50 bits per heavy atom. The zero-order chi connectivity index (χ0) is 21.7. The second-order valence-corrected chi connectivity index (χ2v) is 9.19. The van der Waals surface area contributed by atoms with Crippen LogP contribution in [0.5, 0.6) is 5.75 Å². The molecule has 7 nitrogen and oxygen atoms in total. The van der Waals surface area contributed by atoms with Gasteiger partial charge in [-0.05, 0) is 48.5 Å². The molecule has 10 heteroatoms. The zero-order valence-electron chi connectivity index (χ0n) is 16.0. The van der Waals surface area contributed by atoms with Gasteiger partial charge in [0.25, 0.3) is 10.0 Å². The van der Waals surface area contributed by atoms with Crippen LogP contribution in [0.2, 0.25) is 5.02 Å². The maximum Gasteiger partial charge on any atom is 0.265 e. The lowest BCUT2D eigenvalue weighted by Crippen LogP contribution is -2.15. The van der Waals surface area contributed by atoms with E-state index in [1.165, 1.54) is 44.0 Å². The highest BCUT2D eigenvalue weighted by atomic mass is 35.5. The SMILES string of the molecule is COc1ccc(NC(C)=O)cc1S(=O)(=O)Nc1ccc(Sc2ccccn2)c(Cl)c1. The third kappa shape index (κ3) is 5.44. The smallest absolute Gasteiger partial charge is 0.265 e. The summed E-state index contributed by atoms with van der Waals surface area (Å²) >= 11 is 7.71. The first-order chi connectivity index (χ1) is 14.3. The average molecular weight is 464 g/mol. The fourth-order valence-electron chi connectivity index (χ4n) is 2.55. The number of aromatic nitrogens is 1. The van der Waals surface area contributed by atoms with Crippen LogP contribution in [0.3, 0.4) is 0 Å². The van der Waals surface area contributed by atoms with Gasteiger partial charge in [-0.2, -0.15) is 0 Å². The van der Waals surface area contributed by atoms with E-state index in [0.717, 1.165) is 9.92 Å². The van der Waals surface area contributed by atoms with E-state index in [4.69, 9.17) is 16.3 Å². The number of benzene rings is 2. The molecule has 0 fully saturated rings. The van der Waals surface area contributed by atoms with Gasteiger partial charge in [0.1, 0.15) is 15.7 Å². The molecule has 0 aliphatic carbocycles. The molecule has 30 heavy (non-hydrogen) atoms. The van der Waals surface area contributed by atoms with Crippen molar-refractivity contribution in [1.82, 2.24) is 4.98 Å². The van der Waals surface area contributed by atoms with Gasteiger partial charge in [-0.3, -0.25) is 9.52 Å². The minimum absolute atomic E-state index is 0.112. The molecule has 0 bridgehead atoms. The van der Waals surface area contributed by atoms with Gasteiger partial charge >= 0.3 is 0 Å². The van der Waals surface area contributed by atoms with E-state index >= 15 is 0 Å². The molecule has 0 saturated heterocycles. The number of rotatable bonds is 7. The molecule has 0 atom stereocenters. The maximum absolute atomic E-state index is 12.9. The summed E-state index contributed by atoms with van der Waals surface area (Å²) in [7, 11) is -2.64. The number of pyridine rings is 1. The maximum atomic E-state index is 12.9. The van der Waals surface area contributed by atoms with Gasteiger partial charge in [-0.1, -0.05) is 29.4 Å². The van der Waals surface area contributed by atoms with E-state index < -0.39 is 10.0 Å². The highest BCUT2D eigenvalue weighted by Crippen LogP contribution is 2.35. The summed E-state index contributed by atoms with van der Waals surface area (Å²) in [5, 5.41) is 3.71. The number of halogens is 1. The fraction of sp³-hybridized carbons (Fsp3) is 0.100. The fourth-order valence-corrected chi connectivity index (χ4v) is 4.86. The second-order valence-electron chi connectivity index (χ2n) is 6.07. The lowest BCUT2D eigenvalue weighted by molar-refractivity contribution is -0.114. The van der Waals surface area contributed by atoms with Crippen molar-refractivity contribution in [1.29, 1.82) is 0 Å². The molecule has 0 spiro atoms. The number of nitrogens with one attached hydrogen (secondary N) is 2. The number of ether oxygens (including phenoxy) is 1. The van der Waals surface area contributed by atoms with Crippen molar-refractivity contribution in [2.45, 2.75) is 21.7 Å². The summed E-state index contributed by atoms with van der Waals surface area (Å²) < 4.78 is 33.6. The predicted molar refractivity (Wildman–Crippen MR) is 118 cm³/mol. The number of carbonyl (C=O) groups excluding carboxylic acids is 1. The lowest BCUT2D eigenvalue weighted by Gasteiger charge is -2.14. The molecule has 1 aromatic heterocycles. The summed E-state index contributed by atoms with van der Waals surface area (Å²) in [5.74, 6) is -0.172. The first-order valence-electron chi connectivity index (χ1n) is 8.65. The number of amides is 1. The van der Waals surface area contributed by atoms with Crippen LogP contribution in [0.1, 0.15) is 6.92 Å². The molecule has 156 valence electrons. The van der Waals surface area contributed by atoms with Crippen molar-refractivity contribution < 1.29 is 17.9 Å². The van der Waals surface area contributed by atoms with Crippen molar-refractivity contribution >= 4 is 50.7 Å². The summed E-state index contributed by atoms with van der Waals surface area (Å²) in [6, 6.07) is 14.7. The van der Waals surface area contributed by atoms with E-state index in [-0.39, 0.29) is 22.2 Å². The normalized spacial score (nSPS) is 11.0. The van der Waals surface area contributed by atoms with E-state index in [1.54, 1.807) is 24.4 Å². The third-order valence-corrected chi connectivity index (χ3v) is 6.66. The van der Waals surface area contributed by atoms with Gasteiger partial charge in [0.15, 0.2) is 0 Å². The number of hydrogen-bond acceptors (Lipinski definition) is 6. The first-order valence-corrected chi connectivity index (χ1v) is 11.3. The molecule has 1 amide bonds. The number of anilines is 2. The Morgan fingerprint density at radius 2 is 1.87 bits per heavy atom. The van der Waals surface area contributed by atoms with Crippen molar-refractivity contribution in [3.63, 3.8) is 0 Å². The van der Waals surface area contributed by atoms with E-state index in [9.17, 15) is 13.2 Å². The molecule has 0 unspecified atom stereocenters. The van der Waals surface area contributed by atoms with E-state index in [1.807, 2.05) is 18.2 Å². The number of hydrogen-bond donors (Lipinski definition) is 2. The van der Waals surface area contributed by atoms with Crippen molar-refractivity contribution in [2.75, 3.05) is 17.1 Å². The van der Waals surface area contributed by atoms with Crippen molar-refractivity contribution in [3.05, 3.63) is 65.8 Å². The molecule has 2 N–H and O–H groups in total. The van der Waals surface area contributed by atoms with Crippen LogP contribution in [0.4, 0.5) is 11.4 Å². The molecule has 3 aromatic rings. The van der Waals surface area contributed by atoms with Crippen molar-refractivity contribution in [2.24, 2.45) is 0 Å². The summed E-state index contributed by atoms with van der Waals surface area (Å²) in [6.45, 7) is 1.34. The standard InChI is InChI=1S/C20H18ClN3O4S2/c1-13(25)23-14-6-8-17(28-2)19(12-14)30(26,27)24-15-7-9-18(16(21)11-15)29-20-5-3-4-10-22-20/h3-12,24H,1-2H3,(H,23,25). The first kappa shape index (κ1) is 21.9. The second kappa shape index (κ2) is 9.38. The van der Waals surface area contributed by atoms with Gasteiger partial charge in [0.05, 0.1) is 17.8 Å². The molecular weight excluding hydrogens is 446 g/mol. The molecule has 1 heterocycles. The van der Waals surface area contributed by atoms with Crippen LogP contribution in [-0.4, -0.2) is 26.4 Å². The quantitative estimate of drug-likeness (QED) is 0.529. The highest BCUT2D eigenvalue weighted by Gasteiger charge is 2.21. The van der Waals surface area contributed by atoms with Crippen LogP contribution in [0, 0.1) is 0 Å². The third-order valence-electron chi connectivity index (χ3n) is 3.81. The van der Waals surface area contributed by atoms with Gasteiger partial charge in [0.2, 0.25) is 5.91 Å². The van der Waals surface area contributed by atoms with Crippen molar-refractivity contribution in [3.8, 4) is 5.75 Å². The summed E-state index contributed by atoms with van der Waals surface area (Å²) in [4.78, 5) is 16.2. The molecule has 0 saturated carbocycles. The van der Waals surface area contributed by atoms with E-state index in [2.05, 4.69) is 15.0 Å². The lowest BCUT2D eigenvalue weighted by atomic mass is 10.3. The Labute approximate surface area is 183 Å². The van der Waals surface area contributed by atoms with Crippen LogP contribution < -0.4 is 14.8 Å². The number of nitrogens with zero attached hydrogens (tertiary/aromatic N) is 1. The molecule has 2 aromatic carbocycles. The summed E-state index contributed by atoms with van der Waals surface area (Å²) in [6.07, 6.45) is 1.68. The van der Waals surface area contributed by atoms with E-state index in [0.29, 0.717) is 10.7 Å². The Morgan fingerprint density at radius 1 is 1.10 bits per heavy atom. The van der Waals surface area contributed by atoms with Gasteiger partial charge in [-0.25, -0.2) is 13.4 Å².